The molecule has 2 rings (SSSR count). The first kappa shape index (κ1) is 9.47. The summed E-state index contributed by atoms with van der Waals surface area (Å²) in [5.74, 6) is 0.904. The molecule has 0 spiro atoms. The lowest BCUT2D eigenvalue weighted by atomic mass is 9.69. The van der Waals surface area contributed by atoms with E-state index >= 15 is 0 Å². The molecule has 2 aliphatic rings. The lowest BCUT2D eigenvalue weighted by Gasteiger charge is -2.41. The largest absolute Gasteiger partial charge is 0.381 e. The zero-order valence-corrected chi connectivity index (χ0v) is 8.43. The van der Waals surface area contributed by atoms with Gasteiger partial charge in [-0.1, -0.05) is 12.8 Å². The zero-order valence-electron chi connectivity index (χ0n) is 8.43. The Kier molecular flexibility index (Phi) is 2.89. The monoisotopic (exact) mass is 183 g/mol. The summed E-state index contributed by atoms with van der Waals surface area (Å²) in [6, 6.07) is 0. The first-order valence-corrected chi connectivity index (χ1v) is 5.65. The van der Waals surface area contributed by atoms with Gasteiger partial charge >= 0.3 is 0 Å². The van der Waals surface area contributed by atoms with E-state index in [4.69, 9.17) is 10.5 Å². The van der Waals surface area contributed by atoms with Gasteiger partial charge in [0.1, 0.15) is 0 Å². The maximum absolute atomic E-state index is 5.96. The molecule has 1 aliphatic heterocycles. The van der Waals surface area contributed by atoms with Crippen LogP contribution in [0.2, 0.25) is 0 Å². The molecule has 0 amide bonds. The molecule has 0 radical (unpaired) electrons. The van der Waals surface area contributed by atoms with Crippen LogP contribution in [0.3, 0.4) is 0 Å². The summed E-state index contributed by atoms with van der Waals surface area (Å²) < 4.78 is 5.43. The molecule has 2 nitrogen and oxygen atoms in total. The second-order valence-electron chi connectivity index (χ2n) is 4.66. The Morgan fingerprint density at radius 2 is 1.77 bits per heavy atom. The third-order valence-electron chi connectivity index (χ3n) is 4.12. The topological polar surface area (TPSA) is 35.2 Å². The van der Waals surface area contributed by atoms with Crippen LogP contribution in [0.5, 0.6) is 0 Å². The van der Waals surface area contributed by atoms with Crippen LogP contribution in [0.1, 0.15) is 38.5 Å². The fourth-order valence-corrected chi connectivity index (χ4v) is 3.10. The van der Waals surface area contributed by atoms with Gasteiger partial charge in [-0.25, -0.2) is 0 Å². The molecule has 1 saturated heterocycles. The standard InChI is InChI=1S/C11H21NO/c12-9-11(5-7-13-8-6-11)10-3-1-2-4-10/h10H,1-9,12H2. The van der Waals surface area contributed by atoms with Gasteiger partial charge in [0.25, 0.3) is 0 Å². The molecule has 13 heavy (non-hydrogen) atoms. The molecule has 0 bridgehead atoms. The highest BCUT2D eigenvalue weighted by Crippen LogP contribution is 2.45. The minimum Gasteiger partial charge on any atom is -0.381 e. The summed E-state index contributed by atoms with van der Waals surface area (Å²) in [4.78, 5) is 0. The van der Waals surface area contributed by atoms with Crippen LogP contribution in [0.4, 0.5) is 0 Å². The molecule has 76 valence electrons. The summed E-state index contributed by atoms with van der Waals surface area (Å²) in [6.45, 7) is 2.75. The van der Waals surface area contributed by atoms with Gasteiger partial charge in [0.05, 0.1) is 0 Å². The van der Waals surface area contributed by atoms with Gasteiger partial charge in [0.2, 0.25) is 0 Å². The highest BCUT2D eigenvalue weighted by Gasteiger charge is 2.39. The highest BCUT2D eigenvalue weighted by atomic mass is 16.5. The Balaban J connectivity index is 2.03. The molecule has 0 aromatic heterocycles. The molecule has 2 heteroatoms. The smallest absolute Gasteiger partial charge is 0.0471 e. The van der Waals surface area contributed by atoms with Gasteiger partial charge in [-0.15, -0.1) is 0 Å². The van der Waals surface area contributed by atoms with Gasteiger partial charge in [0.15, 0.2) is 0 Å². The average molecular weight is 183 g/mol. The lowest BCUT2D eigenvalue weighted by Crippen LogP contribution is -2.41. The normalized spacial score (nSPS) is 29.3. The van der Waals surface area contributed by atoms with Crippen LogP contribution < -0.4 is 5.73 Å². The van der Waals surface area contributed by atoms with E-state index in [1.165, 1.54) is 38.5 Å². The van der Waals surface area contributed by atoms with E-state index in [1.807, 2.05) is 0 Å². The predicted molar refractivity (Wildman–Crippen MR) is 53.5 cm³/mol. The molecule has 2 N–H and O–H groups in total. The molecule has 1 aliphatic carbocycles. The number of nitrogens with two attached hydrogens (primary N) is 1. The van der Waals surface area contributed by atoms with Crippen LogP contribution in [-0.2, 0) is 4.74 Å². The highest BCUT2D eigenvalue weighted by molar-refractivity contribution is 4.91. The van der Waals surface area contributed by atoms with Gasteiger partial charge < -0.3 is 10.5 Å². The maximum atomic E-state index is 5.96. The molecular formula is C11H21NO. The Labute approximate surface area is 80.8 Å². The minimum absolute atomic E-state index is 0.453. The summed E-state index contributed by atoms with van der Waals surface area (Å²) >= 11 is 0. The summed E-state index contributed by atoms with van der Waals surface area (Å²) in [6.07, 6.45) is 8.08. The van der Waals surface area contributed by atoms with Crippen LogP contribution in [0.15, 0.2) is 0 Å². The van der Waals surface area contributed by atoms with Crippen LogP contribution in [0, 0.1) is 11.3 Å². The van der Waals surface area contributed by atoms with Gasteiger partial charge in [-0.05, 0) is 43.6 Å². The number of hydrogen-bond donors (Lipinski definition) is 1. The first-order valence-electron chi connectivity index (χ1n) is 5.65. The molecule has 0 unspecified atom stereocenters. The molecule has 2 fully saturated rings. The molecule has 0 atom stereocenters. The van der Waals surface area contributed by atoms with Crippen LogP contribution >= 0.6 is 0 Å². The summed E-state index contributed by atoms with van der Waals surface area (Å²) in [7, 11) is 0. The molecule has 0 aromatic carbocycles. The Morgan fingerprint density at radius 3 is 2.31 bits per heavy atom. The van der Waals surface area contributed by atoms with E-state index in [0.717, 1.165) is 25.7 Å². The fourth-order valence-electron chi connectivity index (χ4n) is 3.10. The quantitative estimate of drug-likeness (QED) is 0.710. The van der Waals surface area contributed by atoms with Crippen molar-refractivity contribution in [2.24, 2.45) is 17.1 Å². The molecular weight excluding hydrogens is 162 g/mol. The average Bonchev–Trinajstić information content (AvgIpc) is 2.72. The number of ether oxygens (including phenoxy) is 1. The predicted octanol–water partition coefficient (Wildman–Crippen LogP) is 1.93. The van der Waals surface area contributed by atoms with Crippen molar-refractivity contribution >= 4 is 0 Å². The van der Waals surface area contributed by atoms with E-state index in [-0.39, 0.29) is 0 Å². The van der Waals surface area contributed by atoms with Crippen LogP contribution in [-0.4, -0.2) is 19.8 Å². The van der Waals surface area contributed by atoms with E-state index < -0.39 is 0 Å². The van der Waals surface area contributed by atoms with Crippen molar-refractivity contribution in [3.05, 3.63) is 0 Å². The summed E-state index contributed by atoms with van der Waals surface area (Å²) in [5, 5.41) is 0. The number of hydrogen-bond acceptors (Lipinski definition) is 2. The first-order chi connectivity index (χ1) is 6.37. The van der Waals surface area contributed by atoms with Crippen molar-refractivity contribution < 1.29 is 4.74 Å². The molecule has 1 saturated carbocycles. The van der Waals surface area contributed by atoms with Gasteiger partial charge in [0, 0.05) is 13.2 Å². The van der Waals surface area contributed by atoms with Crippen molar-refractivity contribution in [3.8, 4) is 0 Å². The SMILES string of the molecule is NCC1(C2CCCC2)CCOCC1. The van der Waals surface area contributed by atoms with E-state index in [1.54, 1.807) is 0 Å². The number of rotatable bonds is 2. The second-order valence-corrected chi connectivity index (χ2v) is 4.66. The third kappa shape index (κ3) is 1.75. The van der Waals surface area contributed by atoms with Crippen molar-refractivity contribution in [1.82, 2.24) is 0 Å². The van der Waals surface area contributed by atoms with Crippen molar-refractivity contribution in [1.29, 1.82) is 0 Å². The molecule has 1 heterocycles. The van der Waals surface area contributed by atoms with Crippen molar-refractivity contribution in [2.45, 2.75) is 38.5 Å². The van der Waals surface area contributed by atoms with E-state index in [2.05, 4.69) is 0 Å². The van der Waals surface area contributed by atoms with Crippen molar-refractivity contribution in [3.63, 3.8) is 0 Å². The van der Waals surface area contributed by atoms with Crippen molar-refractivity contribution in [2.75, 3.05) is 19.8 Å². The third-order valence-corrected chi connectivity index (χ3v) is 4.12. The maximum Gasteiger partial charge on any atom is 0.0471 e. The Hall–Kier alpha value is -0.0800. The van der Waals surface area contributed by atoms with E-state index in [9.17, 15) is 0 Å². The molecule has 0 aromatic rings. The van der Waals surface area contributed by atoms with E-state index in [0.29, 0.717) is 5.41 Å². The Morgan fingerprint density at radius 1 is 1.15 bits per heavy atom. The van der Waals surface area contributed by atoms with Crippen LogP contribution in [0.25, 0.3) is 0 Å². The Bertz CT molecular complexity index is 157. The fraction of sp³-hybridized carbons (Fsp3) is 1.00. The second kappa shape index (κ2) is 3.97. The lowest BCUT2D eigenvalue weighted by molar-refractivity contribution is -0.0121. The zero-order chi connectivity index (χ0) is 9.15. The van der Waals surface area contributed by atoms with Gasteiger partial charge in [-0.2, -0.15) is 0 Å². The van der Waals surface area contributed by atoms with Gasteiger partial charge in [-0.3, -0.25) is 0 Å². The minimum atomic E-state index is 0.453. The summed E-state index contributed by atoms with van der Waals surface area (Å²) in [5.41, 5.74) is 6.42.